The second-order valence-corrected chi connectivity index (χ2v) is 10.5. The summed E-state index contributed by atoms with van der Waals surface area (Å²) in [5.41, 5.74) is 1.45. The van der Waals surface area contributed by atoms with Crippen molar-refractivity contribution in [3.05, 3.63) is 75.7 Å². The van der Waals surface area contributed by atoms with E-state index in [9.17, 15) is 18.0 Å². The lowest BCUT2D eigenvalue weighted by molar-refractivity contribution is -0.138. The Bertz CT molecular complexity index is 1560. The van der Waals surface area contributed by atoms with Crippen molar-refractivity contribution in [3.8, 4) is 11.8 Å². The van der Waals surface area contributed by atoms with Crippen LogP contribution in [0.1, 0.15) is 57.5 Å². The van der Waals surface area contributed by atoms with Crippen molar-refractivity contribution >= 4 is 28.0 Å². The molecule has 0 bridgehead atoms. The molecule has 8 nitrogen and oxygen atoms in total. The molecule has 1 saturated heterocycles. The third kappa shape index (κ3) is 6.27. The number of rotatable bonds is 5. The molecule has 1 aliphatic rings. The third-order valence-corrected chi connectivity index (χ3v) is 7.12. The largest absolute Gasteiger partial charge is 0.416 e. The van der Waals surface area contributed by atoms with Crippen LogP contribution in [0.3, 0.4) is 0 Å². The number of aromatic nitrogens is 4. The van der Waals surface area contributed by atoms with E-state index in [4.69, 9.17) is 0 Å². The molecule has 3 aromatic heterocycles. The number of halogens is 3. The molecule has 4 heterocycles. The van der Waals surface area contributed by atoms with Crippen molar-refractivity contribution < 1.29 is 18.0 Å². The van der Waals surface area contributed by atoms with Crippen LogP contribution in [0, 0.1) is 11.8 Å². The monoisotopic (exact) mass is 553 g/mol. The van der Waals surface area contributed by atoms with Gasteiger partial charge in [0.05, 0.1) is 28.5 Å². The molecule has 1 amide bonds. The molecule has 4 aromatic rings. The number of fused-ring (bicyclic) bond motifs is 1. The van der Waals surface area contributed by atoms with E-state index in [1.165, 1.54) is 18.3 Å². The standard InChI is InChI=1S/C27H26F3N7OS/c1-17(2)23-7-8-24-32-14-20(37(24)35-23)5-6-21-15-33-26(39-21)34-25(38)18-3-4-19(22(13-18)27(28,29)30)16-36-11-9-31-10-12-36/h3-4,7-8,13-15,17,31H,9-12,16H2,1-2H3,(H,33,34,38). The van der Waals surface area contributed by atoms with Crippen molar-refractivity contribution in [1.82, 2.24) is 29.8 Å². The maximum atomic E-state index is 13.8. The molecular formula is C27H26F3N7OS. The Kier molecular flexibility index (Phi) is 7.65. The average molecular weight is 554 g/mol. The average Bonchev–Trinajstić information content (AvgIpc) is 3.53. The lowest BCUT2D eigenvalue weighted by Gasteiger charge is -2.28. The molecule has 0 spiro atoms. The van der Waals surface area contributed by atoms with Gasteiger partial charge in [-0.15, -0.1) is 0 Å². The molecule has 2 N–H and O–H groups in total. The van der Waals surface area contributed by atoms with Gasteiger partial charge in [-0.05, 0) is 47.6 Å². The highest BCUT2D eigenvalue weighted by atomic mass is 32.1. The van der Waals surface area contributed by atoms with E-state index in [-0.39, 0.29) is 28.7 Å². The van der Waals surface area contributed by atoms with Gasteiger partial charge in [0.25, 0.3) is 5.91 Å². The SMILES string of the molecule is CC(C)c1ccc2ncc(C#Cc3cnc(NC(=O)c4ccc(CN5CCNCC5)c(C(F)(F)F)c4)s3)n2n1. The number of amides is 1. The number of carbonyl (C=O) groups is 1. The summed E-state index contributed by atoms with van der Waals surface area (Å²) in [6.07, 6.45) is -1.44. The Hall–Kier alpha value is -3.79. The summed E-state index contributed by atoms with van der Waals surface area (Å²) in [6, 6.07) is 7.52. The van der Waals surface area contributed by atoms with Crippen LogP contribution >= 0.6 is 11.3 Å². The second-order valence-electron chi connectivity index (χ2n) is 9.46. The highest BCUT2D eigenvalue weighted by molar-refractivity contribution is 7.16. The number of alkyl halides is 3. The Morgan fingerprint density at radius 1 is 1.13 bits per heavy atom. The van der Waals surface area contributed by atoms with Crippen LogP contribution in [0.25, 0.3) is 5.65 Å². The number of hydrogen-bond donors (Lipinski definition) is 2. The Morgan fingerprint density at radius 3 is 2.67 bits per heavy atom. The van der Waals surface area contributed by atoms with Crippen LogP contribution < -0.4 is 10.6 Å². The topological polar surface area (TPSA) is 87.5 Å². The maximum absolute atomic E-state index is 13.8. The van der Waals surface area contributed by atoms with Crippen molar-refractivity contribution in [2.75, 3.05) is 31.5 Å². The summed E-state index contributed by atoms with van der Waals surface area (Å²) in [7, 11) is 0. The number of imidazole rings is 1. The summed E-state index contributed by atoms with van der Waals surface area (Å²) in [5.74, 6) is 5.60. The fourth-order valence-electron chi connectivity index (χ4n) is 4.19. The van der Waals surface area contributed by atoms with Crippen LogP contribution in [-0.4, -0.2) is 56.6 Å². The number of carbonyl (C=O) groups excluding carboxylic acids is 1. The molecule has 0 radical (unpaired) electrons. The van der Waals surface area contributed by atoms with Crippen LogP contribution in [0.5, 0.6) is 0 Å². The number of nitrogens with one attached hydrogen (secondary N) is 2. The predicted molar refractivity (Wildman–Crippen MR) is 143 cm³/mol. The van der Waals surface area contributed by atoms with E-state index in [0.717, 1.165) is 36.2 Å². The number of piperazine rings is 1. The van der Waals surface area contributed by atoms with Gasteiger partial charge in [0, 0.05) is 38.3 Å². The molecule has 1 aliphatic heterocycles. The fourth-order valence-corrected chi connectivity index (χ4v) is 4.86. The molecule has 1 aromatic carbocycles. The van der Waals surface area contributed by atoms with Gasteiger partial charge >= 0.3 is 6.18 Å². The number of thiazole rings is 1. The van der Waals surface area contributed by atoms with Crippen molar-refractivity contribution in [3.63, 3.8) is 0 Å². The molecule has 0 unspecified atom stereocenters. The number of benzene rings is 1. The van der Waals surface area contributed by atoms with Gasteiger partial charge in [0.15, 0.2) is 10.8 Å². The van der Waals surface area contributed by atoms with Gasteiger partial charge in [-0.1, -0.05) is 31.3 Å². The number of hydrogen-bond acceptors (Lipinski definition) is 7. The molecule has 0 saturated carbocycles. The molecular weight excluding hydrogens is 527 g/mol. The van der Waals surface area contributed by atoms with E-state index >= 15 is 0 Å². The van der Waals surface area contributed by atoms with Gasteiger partial charge in [-0.3, -0.25) is 15.0 Å². The normalized spacial score (nSPS) is 14.4. The Balaban J connectivity index is 1.31. The van der Waals surface area contributed by atoms with E-state index in [0.29, 0.717) is 29.3 Å². The van der Waals surface area contributed by atoms with Gasteiger partial charge < -0.3 is 5.32 Å². The Labute approximate surface area is 227 Å². The zero-order chi connectivity index (χ0) is 27.6. The summed E-state index contributed by atoms with van der Waals surface area (Å²) in [4.78, 5) is 23.8. The first-order chi connectivity index (χ1) is 18.7. The van der Waals surface area contributed by atoms with E-state index in [2.05, 4.69) is 51.4 Å². The summed E-state index contributed by atoms with van der Waals surface area (Å²) in [6.45, 7) is 7.08. The minimum absolute atomic E-state index is 0.0908. The lowest BCUT2D eigenvalue weighted by Crippen LogP contribution is -2.43. The quantitative estimate of drug-likeness (QED) is 0.357. The number of nitrogens with zero attached hydrogens (tertiary/aromatic N) is 5. The smallest absolute Gasteiger partial charge is 0.314 e. The van der Waals surface area contributed by atoms with Gasteiger partial charge in [0.1, 0.15) is 5.69 Å². The lowest BCUT2D eigenvalue weighted by atomic mass is 10.0. The second kappa shape index (κ2) is 11.1. The number of anilines is 1. The van der Waals surface area contributed by atoms with Gasteiger partial charge in [-0.25, -0.2) is 14.5 Å². The molecule has 12 heteroatoms. The van der Waals surface area contributed by atoms with Crippen LogP contribution in [0.2, 0.25) is 0 Å². The molecule has 0 atom stereocenters. The highest BCUT2D eigenvalue weighted by Crippen LogP contribution is 2.33. The van der Waals surface area contributed by atoms with Gasteiger partial charge in [-0.2, -0.15) is 18.3 Å². The van der Waals surface area contributed by atoms with Crippen molar-refractivity contribution in [1.29, 1.82) is 0 Å². The first-order valence-corrected chi connectivity index (χ1v) is 13.3. The molecule has 202 valence electrons. The van der Waals surface area contributed by atoms with Crippen molar-refractivity contribution in [2.24, 2.45) is 0 Å². The zero-order valence-electron chi connectivity index (χ0n) is 21.3. The minimum atomic E-state index is -4.58. The predicted octanol–water partition coefficient (Wildman–Crippen LogP) is 4.39. The van der Waals surface area contributed by atoms with E-state index < -0.39 is 17.6 Å². The minimum Gasteiger partial charge on any atom is -0.314 e. The molecule has 39 heavy (non-hydrogen) atoms. The molecule has 1 fully saturated rings. The summed E-state index contributed by atoms with van der Waals surface area (Å²) in [5, 5.41) is 10.6. The first-order valence-electron chi connectivity index (χ1n) is 12.4. The maximum Gasteiger partial charge on any atom is 0.416 e. The van der Waals surface area contributed by atoms with Crippen LogP contribution in [0.4, 0.5) is 18.3 Å². The van der Waals surface area contributed by atoms with E-state index in [1.807, 2.05) is 17.0 Å². The highest BCUT2D eigenvalue weighted by Gasteiger charge is 2.34. The van der Waals surface area contributed by atoms with Crippen LogP contribution in [-0.2, 0) is 12.7 Å². The molecule has 0 aliphatic carbocycles. The van der Waals surface area contributed by atoms with E-state index in [1.54, 1.807) is 10.7 Å². The van der Waals surface area contributed by atoms with Gasteiger partial charge in [0.2, 0.25) is 0 Å². The Morgan fingerprint density at radius 2 is 1.92 bits per heavy atom. The first kappa shape index (κ1) is 26.8. The van der Waals surface area contributed by atoms with Crippen LogP contribution in [0.15, 0.2) is 42.7 Å². The third-order valence-electron chi connectivity index (χ3n) is 6.30. The van der Waals surface area contributed by atoms with Crippen molar-refractivity contribution in [2.45, 2.75) is 32.5 Å². The zero-order valence-corrected chi connectivity index (χ0v) is 22.2. The molecule has 5 rings (SSSR count). The summed E-state index contributed by atoms with van der Waals surface area (Å²) >= 11 is 1.13. The fraction of sp³-hybridized carbons (Fsp3) is 0.333. The summed E-state index contributed by atoms with van der Waals surface area (Å²) < 4.78 is 43.2.